The van der Waals surface area contributed by atoms with E-state index in [2.05, 4.69) is 55.5 Å². The highest BCUT2D eigenvalue weighted by Crippen LogP contribution is 2.23. The highest BCUT2D eigenvalue weighted by molar-refractivity contribution is 7.79. The Bertz CT molecular complexity index is 480. The zero-order chi connectivity index (χ0) is 11.1. The van der Waals surface area contributed by atoms with Crippen molar-refractivity contribution in [2.24, 2.45) is 0 Å². The average molecular weight is 220 g/mol. The lowest BCUT2D eigenvalue weighted by molar-refractivity contribution is 0.554. The van der Waals surface area contributed by atoms with Crippen molar-refractivity contribution in [2.75, 3.05) is 0 Å². The molecule has 1 heterocycles. The lowest BCUT2D eigenvalue weighted by Gasteiger charge is -2.13. The van der Waals surface area contributed by atoms with E-state index in [1.807, 2.05) is 6.07 Å². The summed E-state index contributed by atoms with van der Waals surface area (Å²) in [7, 11) is 0. The third-order valence-electron chi connectivity index (χ3n) is 2.44. The summed E-state index contributed by atoms with van der Waals surface area (Å²) in [5.41, 5.74) is 3.42. The number of hydrogen-bond acceptors (Lipinski definition) is 2. The molecule has 0 unspecified atom stereocenters. The number of aromatic amines is 1. The lowest BCUT2D eigenvalue weighted by atomic mass is 9.96. The van der Waals surface area contributed by atoms with Gasteiger partial charge in [0.05, 0.1) is 11.0 Å². The van der Waals surface area contributed by atoms with E-state index < -0.39 is 0 Å². The number of hydrogen-bond donors (Lipinski definition) is 2. The van der Waals surface area contributed by atoms with E-state index in [-0.39, 0.29) is 5.41 Å². The van der Waals surface area contributed by atoms with Gasteiger partial charge >= 0.3 is 0 Å². The van der Waals surface area contributed by atoms with Gasteiger partial charge in [0.15, 0.2) is 0 Å². The molecule has 0 aliphatic carbocycles. The minimum absolute atomic E-state index is 0.0696. The Balaban J connectivity index is 2.56. The second-order valence-electron chi connectivity index (χ2n) is 4.85. The third kappa shape index (κ3) is 2.02. The topological polar surface area (TPSA) is 28.7 Å². The fourth-order valence-electron chi connectivity index (χ4n) is 1.51. The summed E-state index contributed by atoms with van der Waals surface area (Å²) in [4.78, 5) is 7.94. The van der Waals surface area contributed by atoms with E-state index in [0.717, 1.165) is 22.6 Å². The van der Waals surface area contributed by atoms with Gasteiger partial charge in [-0.25, -0.2) is 4.98 Å². The van der Waals surface area contributed by atoms with Gasteiger partial charge in [-0.3, -0.25) is 0 Å². The minimum Gasteiger partial charge on any atom is -0.342 e. The molecule has 3 heteroatoms. The SMILES string of the molecule is CC(C)(C)c1nc2ccc(CS)cc2[nH]1. The molecule has 0 saturated heterocycles. The molecule has 80 valence electrons. The largest absolute Gasteiger partial charge is 0.342 e. The van der Waals surface area contributed by atoms with Gasteiger partial charge in [0.1, 0.15) is 5.82 Å². The Labute approximate surface area is 95.5 Å². The van der Waals surface area contributed by atoms with Crippen molar-refractivity contribution in [2.45, 2.75) is 31.9 Å². The van der Waals surface area contributed by atoms with Gasteiger partial charge < -0.3 is 4.98 Å². The normalized spacial score (nSPS) is 12.3. The van der Waals surface area contributed by atoms with Gasteiger partial charge in [0, 0.05) is 11.2 Å². The molecule has 0 amide bonds. The highest BCUT2D eigenvalue weighted by atomic mass is 32.1. The molecule has 2 aromatic rings. The van der Waals surface area contributed by atoms with Crippen LogP contribution >= 0.6 is 12.6 Å². The Morgan fingerprint density at radius 3 is 2.67 bits per heavy atom. The van der Waals surface area contributed by atoms with Crippen LogP contribution in [0.4, 0.5) is 0 Å². The van der Waals surface area contributed by atoms with Gasteiger partial charge in [-0.05, 0) is 17.7 Å². The van der Waals surface area contributed by atoms with Crippen molar-refractivity contribution in [1.29, 1.82) is 0 Å². The van der Waals surface area contributed by atoms with E-state index in [1.165, 1.54) is 5.56 Å². The van der Waals surface area contributed by atoms with Gasteiger partial charge in [0.2, 0.25) is 0 Å². The quantitative estimate of drug-likeness (QED) is 0.709. The number of H-pyrrole nitrogens is 1. The van der Waals surface area contributed by atoms with Crippen molar-refractivity contribution in [3.63, 3.8) is 0 Å². The highest BCUT2D eigenvalue weighted by Gasteiger charge is 2.17. The summed E-state index contributed by atoms with van der Waals surface area (Å²) in [6.07, 6.45) is 0. The monoisotopic (exact) mass is 220 g/mol. The number of rotatable bonds is 1. The molecule has 0 fully saturated rings. The fourth-order valence-corrected chi connectivity index (χ4v) is 1.71. The Morgan fingerprint density at radius 1 is 1.33 bits per heavy atom. The second kappa shape index (κ2) is 3.56. The van der Waals surface area contributed by atoms with Crippen LogP contribution in [0.25, 0.3) is 11.0 Å². The fraction of sp³-hybridized carbons (Fsp3) is 0.417. The van der Waals surface area contributed by atoms with Crippen LogP contribution in [0.1, 0.15) is 32.2 Å². The Hall–Kier alpha value is -0.960. The summed E-state index contributed by atoms with van der Waals surface area (Å²) in [5, 5.41) is 0. The van der Waals surface area contributed by atoms with Crippen molar-refractivity contribution < 1.29 is 0 Å². The van der Waals surface area contributed by atoms with Crippen LogP contribution in [0, 0.1) is 0 Å². The summed E-state index contributed by atoms with van der Waals surface area (Å²) >= 11 is 4.27. The van der Waals surface area contributed by atoms with Crippen molar-refractivity contribution in [3.8, 4) is 0 Å². The Morgan fingerprint density at radius 2 is 2.07 bits per heavy atom. The van der Waals surface area contributed by atoms with Crippen LogP contribution < -0.4 is 0 Å². The first-order valence-corrected chi connectivity index (χ1v) is 5.74. The van der Waals surface area contributed by atoms with Crippen LogP contribution in [0.15, 0.2) is 18.2 Å². The van der Waals surface area contributed by atoms with Gasteiger partial charge in [-0.2, -0.15) is 12.6 Å². The summed E-state index contributed by atoms with van der Waals surface area (Å²) in [5.74, 6) is 1.80. The van der Waals surface area contributed by atoms with Crippen molar-refractivity contribution in [1.82, 2.24) is 9.97 Å². The van der Waals surface area contributed by atoms with Crippen LogP contribution in [0.2, 0.25) is 0 Å². The zero-order valence-corrected chi connectivity index (χ0v) is 10.2. The van der Waals surface area contributed by atoms with E-state index in [4.69, 9.17) is 0 Å². The van der Waals surface area contributed by atoms with Gasteiger partial charge in [-0.1, -0.05) is 26.8 Å². The molecule has 0 aliphatic rings. The maximum absolute atomic E-state index is 4.58. The van der Waals surface area contributed by atoms with E-state index >= 15 is 0 Å². The first-order chi connectivity index (χ1) is 7.00. The molecule has 0 aliphatic heterocycles. The standard InChI is InChI=1S/C12H16N2S/c1-12(2,3)11-13-9-5-4-8(7-15)6-10(9)14-11/h4-6,15H,7H2,1-3H3,(H,13,14). The molecule has 2 nitrogen and oxygen atoms in total. The van der Waals surface area contributed by atoms with E-state index in [9.17, 15) is 0 Å². The summed E-state index contributed by atoms with van der Waals surface area (Å²) in [6, 6.07) is 6.24. The van der Waals surface area contributed by atoms with E-state index in [0.29, 0.717) is 0 Å². The molecule has 0 spiro atoms. The molecule has 0 bridgehead atoms. The predicted octanol–water partition coefficient (Wildman–Crippen LogP) is 3.29. The number of benzene rings is 1. The molecular formula is C12H16N2S. The number of fused-ring (bicyclic) bond motifs is 1. The smallest absolute Gasteiger partial charge is 0.112 e. The van der Waals surface area contributed by atoms with Crippen LogP contribution in [0.3, 0.4) is 0 Å². The van der Waals surface area contributed by atoms with Crippen LogP contribution in [0.5, 0.6) is 0 Å². The number of nitrogens with zero attached hydrogens (tertiary/aromatic N) is 1. The lowest BCUT2D eigenvalue weighted by Crippen LogP contribution is -2.12. The third-order valence-corrected chi connectivity index (χ3v) is 2.80. The predicted molar refractivity (Wildman–Crippen MR) is 67.5 cm³/mol. The van der Waals surface area contributed by atoms with Crippen molar-refractivity contribution in [3.05, 3.63) is 29.6 Å². The first kappa shape index (κ1) is 10.6. The number of thiol groups is 1. The van der Waals surface area contributed by atoms with Crippen molar-refractivity contribution >= 4 is 23.7 Å². The minimum atomic E-state index is 0.0696. The van der Waals surface area contributed by atoms with Gasteiger partial charge in [0.25, 0.3) is 0 Å². The molecule has 1 aromatic heterocycles. The average Bonchev–Trinajstić information content (AvgIpc) is 2.59. The number of imidazole rings is 1. The molecule has 1 aromatic carbocycles. The van der Waals surface area contributed by atoms with Crippen LogP contribution in [-0.4, -0.2) is 9.97 Å². The first-order valence-electron chi connectivity index (χ1n) is 5.11. The number of nitrogens with one attached hydrogen (secondary N) is 1. The maximum Gasteiger partial charge on any atom is 0.112 e. The molecule has 0 saturated carbocycles. The molecule has 0 radical (unpaired) electrons. The number of aromatic nitrogens is 2. The summed E-state index contributed by atoms with van der Waals surface area (Å²) < 4.78 is 0. The maximum atomic E-state index is 4.58. The molecular weight excluding hydrogens is 204 g/mol. The molecule has 1 N–H and O–H groups in total. The molecule has 0 atom stereocenters. The van der Waals surface area contributed by atoms with Gasteiger partial charge in [-0.15, -0.1) is 0 Å². The molecule has 15 heavy (non-hydrogen) atoms. The Kier molecular flexibility index (Phi) is 2.51. The van der Waals surface area contributed by atoms with Crippen LogP contribution in [-0.2, 0) is 11.2 Å². The summed E-state index contributed by atoms with van der Waals surface area (Å²) in [6.45, 7) is 6.47. The second-order valence-corrected chi connectivity index (χ2v) is 5.16. The molecule has 2 rings (SSSR count). The zero-order valence-electron chi connectivity index (χ0n) is 9.33. The van der Waals surface area contributed by atoms with E-state index in [1.54, 1.807) is 0 Å².